The summed E-state index contributed by atoms with van der Waals surface area (Å²) in [5, 5.41) is 0. The molecule has 0 bridgehead atoms. The molecule has 26 heavy (non-hydrogen) atoms. The van der Waals surface area contributed by atoms with Gasteiger partial charge < -0.3 is 9.47 Å². The molecule has 2 unspecified atom stereocenters. The molecule has 2 aromatic carbocycles. The maximum Gasteiger partial charge on any atom is 0.338 e. The Morgan fingerprint density at radius 3 is 1.77 bits per heavy atom. The van der Waals surface area contributed by atoms with Gasteiger partial charge in [0.05, 0.1) is 11.1 Å². The zero-order valence-electron chi connectivity index (χ0n) is 15.8. The van der Waals surface area contributed by atoms with Gasteiger partial charge in [-0.15, -0.1) is 0 Å². The summed E-state index contributed by atoms with van der Waals surface area (Å²) in [6.45, 7) is 7.52. The molecular weight excluding hydrogens is 328 g/mol. The zero-order valence-corrected chi connectivity index (χ0v) is 15.8. The first-order valence-electron chi connectivity index (χ1n) is 8.95. The molecule has 0 amide bonds. The van der Waals surface area contributed by atoms with Crippen molar-refractivity contribution in [1.29, 1.82) is 0 Å². The van der Waals surface area contributed by atoms with Gasteiger partial charge in [0.15, 0.2) is 0 Å². The third-order valence-electron chi connectivity index (χ3n) is 4.36. The third kappa shape index (κ3) is 5.19. The van der Waals surface area contributed by atoms with Crippen molar-refractivity contribution >= 4 is 11.9 Å². The van der Waals surface area contributed by atoms with Crippen LogP contribution in [0.5, 0.6) is 0 Å². The first-order valence-corrected chi connectivity index (χ1v) is 8.95. The fourth-order valence-corrected chi connectivity index (χ4v) is 2.78. The summed E-state index contributed by atoms with van der Waals surface area (Å²) in [7, 11) is 0. The van der Waals surface area contributed by atoms with Crippen LogP contribution in [0.4, 0.5) is 0 Å². The molecule has 2 rings (SSSR count). The van der Waals surface area contributed by atoms with E-state index in [9.17, 15) is 9.59 Å². The summed E-state index contributed by atoms with van der Waals surface area (Å²) >= 11 is 0. The molecule has 0 saturated carbocycles. The Morgan fingerprint density at radius 2 is 1.31 bits per heavy atom. The Labute approximate surface area is 155 Å². The van der Waals surface area contributed by atoms with Crippen molar-refractivity contribution in [2.24, 2.45) is 0 Å². The number of carbonyl (C=O) groups is 2. The molecule has 0 spiro atoms. The van der Waals surface area contributed by atoms with Crippen LogP contribution in [-0.4, -0.2) is 24.1 Å². The Bertz CT molecular complexity index is 766. The number of hydrogen-bond donors (Lipinski definition) is 0. The van der Waals surface area contributed by atoms with E-state index in [4.69, 9.17) is 9.47 Å². The van der Waals surface area contributed by atoms with E-state index in [0.717, 1.165) is 11.1 Å². The minimum Gasteiger partial charge on any atom is -0.459 e. The zero-order chi connectivity index (χ0) is 19.1. The summed E-state index contributed by atoms with van der Waals surface area (Å²) in [5.74, 6) is -0.692. The Hall–Kier alpha value is -2.62. The molecule has 0 aliphatic carbocycles. The molecule has 0 fully saturated rings. The molecule has 4 heteroatoms. The summed E-state index contributed by atoms with van der Waals surface area (Å²) < 4.78 is 11.1. The van der Waals surface area contributed by atoms with Crippen LogP contribution >= 0.6 is 0 Å². The first-order chi connectivity index (χ1) is 12.4. The topological polar surface area (TPSA) is 52.6 Å². The van der Waals surface area contributed by atoms with Crippen LogP contribution in [0.3, 0.4) is 0 Å². The van der Waals surface area contributed by atoms with Gasteiger partial charge in [-0.25, -0.2) is 9.59 Å². The first kappa shape index (κ1) is 19.7. The lowest BCUT2D eigenvalue weighted by Gasteiger charge is -2.21. The van der Waals surface area contributed by atoms with E-state index in [1.165, 1.54) is 0 Å². The number of rotatable bonds is 7. The van der Waals surface area contributed by atoms with Gasteiger partial charge in [-0.1, -0.05) is 43.3 Å². The van der Waals surface area contributed by atoms with Crippen LogP contribution in [0.25, 0.3) is 0 Å². The van der Waals surface area contributed by atoms with Crippen LogP contribution in [0.15, 0.2) is 48.5 Å². The molecule has 0 radical (unpaired) electrons. The lowest BCUT2D eigenvalue weighted by Crippen LogP contribution is -2.25. The average Bonchev–Trinajstić information content (AvgIpc) is 2.61. The second kappa shape index (κ2) is 9.18. The smallest absolute Gasteiger partial charge is 0.338 e. The Morgan fingerprint density at radius 1 is 0.846 bits per heavy atom. The number of carbonyl (C=O) groups excluding carboxylic acids is 2. The molecule has 0 heterocycles. The van der Waals surface area contributed by atoms with Gasteiger partial charge >= 0.3 is 11.9 Å². The van der Waals surface area contributed by atoms with Gasteiger partial charge in [0, 0.05) is 6.42 Å². The third-order valence-corrected chi connectivity index (χ3v) is 4.36. The molecular formula is C22H26O4. The Kier molecular flexibility index (Phi) is 6.96. The van der Waals surface area contributed by atoms with E-state index < -0.39 is 0 Å². The maximum absolute atomic E-state index is 12.4. The van der Waals surface area contributed by atoms with Crippen molar-refractivity contribution in [3.63, 3.8) is 0 Å². The van der Waals surface area contributed by atoms with E-state index in [-0.39, 0.29) is 24.1 Å². The summed E-state index contributed by atoms with van der Waals surface area (Å²) in [6, 6.07) is 14.7. The number of hydrogen-bond acceptors (Lipinski definition) is 4. The lowest BCUT2D eigenvalue weighted by atomic mass is 10.1. The SMILES string of the molecule is CCC(CC(C)OC(=O)c1ccccc1C)OC(=O)c1ccccc1C. The summed E-state index contributed by atoms with van der Waals surface area (Å²) in [5.41, 5.74) is 2.88. The van der Waals surface area contributed by atoms with Crippen molar-refractivity contribution in [2.75, 3.05) is 0 Å². The van der Waals surface area contributed by atoms with Gasteiger partial charge in [0.2, 0.25) is 0 Å². The fraction of sp³-hybridized carbons (Fsp3) is 0.364. The number of benzene rings is 2. The van der Waals surface area contributed by atoms with Crippen molar-refractivity contribution < 1.29 is 19.1 Å². The second-order valence-electron chi connectivity index (χ2n) is 6.52. The Balaban J connectivity index is 1.94. The molecule has 0 aliphatic heterocycles. The predicted octanol–water partition coefficient (Wildman–Crippen LogP) is 4.87. The van der Waals surface area contributed by atoms with Gasteiger partial charge in [0.1, 0.15) is 12.2 Å². The van der Waals surface area contributed by atoms with Gasteiger partial charge in [-0.2, -0.15) is 0 Å². The number of esters is 2. The highest BCUT2D eigenvalue weighted by Crippen LogP contribution is 2.17. The minimum atomic E-state index is -0.351. The van der Waals surface area contributed by atoms with E-state index in [1.54, 1.807) is 12.1 Å². The second-order valence-corrected chi connectivity index (χ2v) is 6.52. The van der Waals surface area contributed by atoms with Crippen molar-refractivity contribution in [2.45, 2.75) is 52.7 Å². The van der Waals surface area contributed by atoms with E-state index in [0.29, 0.717) is 24.0 Å². The molecule has 0 aromatic heterocycles. The molecule has 0 N–H and O–H groups in total. The average molecular weight is 354 g/mol. The van der Waals surface area contributed by atoms with Gasteiger partial charge in [-0.3, -0.25) is 0 Å². The molecule has 0 saturated heterocycles. The van der Waals surface area contributed by atoms with Crippen LogP contribution in [0.2, 0.25) is 0 Å². The van der Waals surface area contributed by atoms with Crippen LogP contribution in [0.1, 0.15) is 58.5 Å². The lowest BCUT2D eigenvalue weighted by molar-refractivity contribution is 0.00274. The van der Waals surface area contributed by atoms with E-state index >= 15 is 0 Å². The summed E-state index contributed by atoms with van der Waals surface area (Å²) in [6.07, 6.45) is 0.466. The molecule has 0 aliphatic rings. The standard InChI is InChI=1S/C22H26O4/c1-5-18(26-22(24)20-13-9-7-11-16(20)3)14-17(4)25-21(23)19-12-8-6-10-15(19)2/h6-13,17-18H,5,14H2,1-4H3. The van der Waals surface area contributed by atoms with Crippen molar-refractivity contribution in [3.8, 4) is 0 Å². The highest BCUT2D eigenvalue weighted by atomic mass is 16.6. The van der Waals surface area contributed by atoms with Crippen LogP contribution in [0, 0.1) is 13.8 Å². The van der Waals surface area contributed by atoms with Crippen molar-refractivity contribution in [1.82, 2.24) is 0 Å². The molecule has 4 nitrogen and oxygen atoms in total. The predicted molar refractivity (Wildman–Crippen MR) is 101 cm³/mol. The number of aryl methyl sites for hydroxylation is 2. The van der Waals surface area contributed by atoms with Crippen LogP contribution in [-0.2, 0) is 9.47 Å². The molecule has 2 aromatic rings. The summed E-state index contributed by atoms with van der Waals surface area (Å²) in [4.78, 5) is 24.7. The van der Waals surface area contributed by atoms with E-state index in [2.05, 4.69) is 0 Å². The quantitative estimate of drug-likeness (QED) is 0.665. The van der Waals surface area contributed by atoms with Gasteiger partial charge in [-0.05, 0) is 50.5 Å². The highest BCUT2D eigenvalue weighted by Gasteiger charge is 2.21. The monoisotopic (exact) mass is 354 g/mol. The van der Waals surface area contributed by atoms with Crippen LogP contribution < -0.4 is 0 Å². The minimum absolute atomic E-state index is 0.304. The fourth-order valence-electron chi connectivity index (χ4n) is 2.78. The normalized spacial score (nSPS) is 12.9. The molecule has 138 valence electrons. The largest absolute Gasteiger partial charge is 0.459 e. The number of ether oxygens (including phenoxy) is 2. The van der Waals surface area contributed by atoms with Crippen molar-refractivity contribution in [3.05, 3.63) is 70.8 Å². The molecule has 2 atom stereocenters. The van der Waals surface area contributed by atoms with Gasteiger partial charge in [0.25, 0.3) is 0 Å². The maximum atomic E-state index is 12.4. The van der Waals surface area contributed by atoms with E-state index in [1.807, 2.05) is 64.1 Å². The highest BCUT2D eigenvalue weighted by molar-refractivity contribution is 5.91.